The van der Waals surface area contributed by atoms with E-state index in [1.165, 1.54) is 0 Å². The lowest BCUT2D eigenvalue weighted by Gasteiger charge is -2.15. The molecule has 0 aliphatic carbocycles. The highest BCUT2D eigenvalue weighted by Crippen LogP contribution is 2.28. The summed E-state index contributed by atoms with van der Waals surface area (Å²) in [4.78, 5) is 10.7. The van der Waals surface area contributed by atoms with Crippen molar-refractivity contribution < 1.29 is 15.0 Å². The van der Waals surface area contributed by atoms with Crippen LogP contribution in [0.15, 0.2) is 36.4 Å². The summed E-state index contributed by atoms with van der Waals surface area (Å²) in [5, 5.41) is 18.1. The summed E-state index contributed by atoms with van der Waals surface area (Å²) < 4.78 is 0. The van der Waals surface area contributed by atoms with Crippen molar-refractivity contribution in [3.8, 4) is 5.75 Å². The molecule has 0 amide bonds. The summed E-state index contributed by atoms with van der Waals surface area (Å²) >= 11 is 0. The number of aromatic hydroxyl groups is 1. The van der Waals surface area contributed by atoms with Gasteiger partial charge in [-0.05, 0) is 24.6 Å². The molecule has 1 atom stereocenters. The lowest BCUT2D eigenvalue weighted by Crippen LogP contribution is -2.07. The number of rotatable bonds is 4. The van der Waals surface area contributed by atoms with Crippen LogP contribution in [0.3, 0.4) is 0 Å². The van der Waals surface area contributed by atoms with Crippen LogP contribution < -0.4 is 0 Å². The highest BCUT2D eigenvalue weighted by Gasteiger charge is 2.16. The number of benzene rings is 1. The van der Waals surface area contributed by atoms with Crippen LogP contribution in [0.1, 0.15) is 24.8 Å². The maximum absolute atomic E-state index is 10.7. The van der Waals surface area contributed by atoms with Gasteiger partial charge < -0.3 is 10.2 Å². The highest BCUT2D eigenvalue weighted by atomic mass is 16.4. The largest absolute Gasteiger partial charge is 0.508 e. The Morgan fingerprint density at radius 2 is 2.20 bits per heavy atom. The van der Waals surface area contributed by atoms with Crippen molar-refractivity contribution in [2.75, 3.05) is 0 Å². The van der Waals surface area contributed by atoms with Gasteiger partial charge in [-0.15, -0.1) is 0 Å². The third kappa shape index (κ3) is 3.13. The summed E-state index contributed by atoms with van der Waals surface area (Å²) in [6, 6.07) is 6.62. The highest BCUT2D eigenvalue weighted by molar-refractivity contribution is 5.68. The van der Waals surface area contributed by atoms with Gasteiger partial charge in [0.2, 0.25) is 0 Å². The average molecular weight is 206 g/mol. The van der Waals surface area contributed by atoms with Crippen molar-refractivity contribution >= 4 is 5.97 Å². The van der Waals surface area contributed by atoms with Crippen LogP contribution in [0.25, 0.3) is 0 Å². The zero-order chi connectivity index (χ0) is 11.4. The fourth-order valence-corrected chi connectivity index (χ4v) is 1.49. The van der Waals surface area contributed by atoms with Crippen molar-refractivity contribution in [3.05, 3.63) is 42.0 Å². The Balaban J connectivity index is 2.98. The fourth-order valence-electron chi connectivity index (χ4n) is 1.49. The number of aliphatic carboxylic acids is 1. The molecule has 0 aliphatic rings. The maximum atomic E-state index is 10.7. The zero-order valence-electron chi connectivity index (χ0n) is 8.60. The van der Waals surface area contributed by atoms with Crippen LogP contribution in [-0.4, -0.2) is 16.2 Å². The minimum atomic E-state index is -0.869. The fraction of sp³-hybridized carbons (Fsp3) is 0.250. The third-order valence-corrected chi connectivity index (χ3v) is 2.25. The normalized spacial score (nSPS) is 12.1. The second-order valence-corrected chi connectivity index (χ2v) is 3.59. The molecule has 0 radical (unpaired) electrons. The lowest BCUT2D eigenvalue weighted by atomic mass is 9.90. The van der Waals surface area contributed by atoms with Gasteiger partial charge in [0.15, 0.2) is 0 Å². The molecule has 0 spiro atoms. The molecule has 15 heavy (non-hydrogen) atoms. The Bertz CT molecular complexity index is 382. The third-order valence-electron chi connectivity index (χ3n) is 2.25. The maximum Gasteiger partial charge on any atom is 0.304 e. The first-order valence-electron chi connectivity index (χ1n) is 4.67. The summed E-state index contributed by atoms with van der Waals surface area (Å²) in [5.74, 6) is -0.968. The van der Waals surface area contributed by atoms with Crippen molar-refractivity contribution in [2.45, 2.75) is 19.3 Å². The second kappa shape index (κ2) is 4.64. The quantitative estimate of drug-likeness (QED) is 0.744. The summed E-state index contributed by atoms with van der Waals surface area (Å²) in [6.45, 7) is 5.56. The van der Waals surface area contributed by atoms with Crippen LogP contribution in [0.5, 0.6) is 5.75 Å². The number of hydrogen-bond donors (Lipinski definition) is 2. The van der Waals surface area contributed by atoms with Gasteiger partial charge in [0.05, 0.1) is 6.42 Å². The molecule has 0 aliphatic heterocycles. The Hall–Kier alpha value is -1.77. The molecule has 3 nitrogen and oxygen atoms in total. The molecular formula is C12H14O3. The minimum Gasteiger partial charge on any atom is -0.508 e. The summed E-state index contributed by atoms with van der Waals surface area (Å²) in [5.41, 5.74) is 1.56. The van der Waals surface area contributed by atoms with Gasteiger partial charge in [0.1, 0.15) is 5.75 Å². The molecule has 0 saturated carbocycles. The van der Waals surface area contributed by atoms with Gasteiger partial charge >= 0.3 is 5.97 Å². The molecule has 3 heteroatoms. The monoisotopic (exact) mass is 206 g/mol. The number of carboxylic acids is 1. The van der Waals surface area contributed by atoms with Crippen LogP contribution in [0.2, 0.25) is 0 Å². The molecule has 1 aromatic carbocycles. The average Bonchev–Trinajstić information content (AvgIpc) is 2.13. The first kappa shape index (κ1) is 11.3. The molecule has 0 unspecified atom stereocenters. The number of carboxylic acid groups (broad SMARTS) is 1. The van der Waals surface area contributed by atoms with Crippen LogP contribution >= 0.6 is 0 Å². The van der Waals surface area contributed by atoms with E-state index in [-0.39, 0.29) is 18.1 Å². The van der Waals surface area contributed by atoms with Crippen LogP contribution in [0, 0.1) is 0 Å². The molecule has 80 valence electrons. The van der Waals surface area contributed by atoms with E-state index in [9.17, 15) is 9.90 Å². The lowest BCUT2D eigenvalue weighted by molar-refractivity contribution is -0.137. The number of phenols is 1. The number of phenolic OH excluding ortho intramolecular Hbond substituents is 1. The SMILES string of the molecule is C=C(C)[C@@H](CC(=O)O)c1cccc(O)c1. The van der Waals surface area contributed by atoms with Crippen LogP contribution in [-0.2, 0) is 4.79 Å². The molecule has 0 fully saturated rings. The van der Waals surface area contributed by atoms with Gasteiger partial charge in [-0.25, -0.2) is 0 Å². The molecule has 1 aromatic rings. The van der Waals surface area contributed by atoms with Gasteiger partial charge in [-0.1, -0.05) is 24.3 Å². The number of allylic oxidation sites excluding steroid dienone is 1. The van der Waals surface area contributed by atoms with E-state index in [1.807, 2.05) is 0 Å². The summed E-state index contributed by atoms with van der Waals surface area (Å²) in [6.07, 6.45) is -0.00120. The molecule has 0 aromatic heterocycles. The zero-order valence-corrected chi connectivity index (χ0v) is 8.60. The second-order valence-electron chi connectivity index (χ2n) is 3.59. The van der Waals surface area contributed by atoms with Crippen molar-refractivity contribution in [2.24, 2.45) is 0 Å². The predicted molar refractivity (Wildman–Crippen MR) is 57.9 cm³/mol. The first-order valence-corrected chi connectivity index (χ1v) is 4.67. The molecular weight excluding hydrogens is 192 g/mol. The van der Waals surface area contributed by atoms with Gasteiger partial charge in [-0.3, -0.25) is 4.79 Å². The smallest absolute Gasteiger partial charge is 0.304 e. The Labute approximate surface area is 88.7 Å². The molecule has 1 rings (SSSR count). The first-order chi connectivity index (χ1) is 7.00. The van der Waals surface area contributed by atoms with E-state index in [0.717, 1.165) is 11.1 Å². The van der Waals surface area contributed by atoms with E-state index in [0.29, 0.717) is 0 Å². The molecule has 0 bridgehead atoms. The van der Waals surface area contributed by atoms with Gasteiger partial charge in [-0.2, -0.15) is 0 Å². The predicted octanol–water partition coefficient (Wildman–Crippen LogP) is 2.53. The Morgan fingerprint density at radius 3 is 2.67 bits per heavy atom. The van der Waals surface area contributed by atoms with E-state index in [2.05, 4.69) is 6.58 Å². The number of hydrogen-bond acceptors (Lipinski definition) is 2. The Kier molecular flexibility index (Phi) is 3.50. The van der Waals surface area contributed by atoms with Gasteiger partial charge in [0, 0.05) is 5.92 Å². The van der Waals surface area contributed by atoms with E-state index in [4.69, 9.17) is 5.11 Å². The standard InChI is InChI=1S/C12H14O3/c1-8(2)11(7-12(14)15)9-4-3-5-10(13)6-9/h3-6,11,13H,1,7H2,2H3,(H,14,15)/t11-/m1/s1. The molecule has 0 saturated heterocycles. The minimum absolute atomic E-state index is 0.00120. The molecule has 0 heterocycles. The van der Waals surface area contributed by atoms with Crippen molar-refractivity contribution in [1.82, 2.24) is 0 Å². The molecule has 2 N–H and O–H groups in total. The number of carbonyl (C=O) groups is 1. The summed E-state index contributed by atoms with van der Waals surface area (Å²) in [7, 11) is 0. The topological polar surface area (TPSA) is 57.5 Å². The Morgan fingerprint density at radius 1 is 1.53 bits per heavy atom. The van der Waals surface area contributed by atoms with Crippen molar-refractivity contribution in [3.63, 3.8) is 0 Å². The van der Waals surface area contributed by atoms with E-state index >= 15 is 0 Å². The van der Waals surface area contributed by atoms with Gasteiger partial charge in [0.25, 0.3) is 0 Å². The van der Waals surface area contributed by atoms with E-state index < -0.39 is 5.97 Å². The van der Waals surface area contributed by atoms with E-state index in [1.54, 1.807) is 31.2 Å². The van der Waals surface area contributed by atoms with Crippen molar-refractivity contribution in [1.29, 1.82) is 0 Å². The van der Waals surface area contributed by atoms with Crippen LogP contribution in [0.4, 0.5) is 0 Å².